The molecule has 1 nitrogen and oxygen atoms in total. The van der Waals surface area contributed by atoms with E-state index in [4.69, 9.17) is 4.74 Å². The molecule has 42 valence electrons. The van der Waals surface area contributed by atoms with Crippen molar-refractivity contribution in [2.24, 2.45) is 0 Å². The summed E-state index contributed by atoms with van der Waals surface area (Å²) in [7, 11) is -0.846. The Hall–Kier alpha value is 0.177. The molecule has 0 radical (unpaired) electrons. The van der Waals surface area contributed by atoms with Crippen molar-refractivity contribution < 1.29 is 4.74 Å². The summed E-state index contributed by atoms with van der Waals surface area (Å²) < 4.78 is 5.13. The Balaban J connectivity index is 2.36. The summed E-state index contributed by atoms with van der Waals surface area (Å²) in [5.74, 6) is 0. The van der Waals surface area contributed by atoms with E-state index in [1.165, 1.54) is 0 Å². The topological polar surface area (TPSA) is 12.5 Å². The molecular weight excluding hydrogens is 104 g/mol. The Morgan fingerprint density at radius 3 is 1.86 bits per heavy atom. The van der Waals surface area contributed by atoms with Gasteiger partial charge >= 0.3 is 0 Å². The maximum atomic E-state index is 5.13. The molecule has 0 N–H and O–H groups in total. The Morgan fingerprint density at radius 2 is 1.86 bits per heavy atom. The van der Waals surface area contributed by atoms with Crippen LogP contribution in [0.1, 0.15) is 0 Å². The van der Waals surface area contributed by atoms with Crippen LogP contribution in [0.2, 0.25) is 19.6 Å². The summed E-state index contributed by atoms with van der Waals surface area (Å²) in [6.07, 6.45) is 0. The van der Waals surface area contributed by atoms with Crippen LogP contribution in [-0.2, 0) is 4.74 Å². The van der Waals surface area contributed by atoms with Gasteiger partial charge in [-0.25, -0.2) is 0 Å². The molecule has 2 heteroatoms. The summed E-state index contributed by atoms with van der Waals surface area (Å²) >= 11 is 0. The molecule has 0 aliphatic carbocycles. The number of ether oxygens (including phenoxy) is 1. The van der Waals surface area contributed by atoms with Gasteiger partial charge in [0.15, 0.2) is 0 Å². The first-order valence-corrected chi connectivity index (χ1v) is 6.30. The van der Waals surface area contributed by atoms with E-state index in [1.54, 1.807) is 0 Å². The zero-order valence-electron chi connectivity index (χ0n) is 5.19. The van der Waals surface area contributed by atoms with Gasteiger partial charge in [-0.1, -0.05) is 19.6 Å². The highest BCUT2D eigenvalue weighted by Gasteiger charge is 2.36. The Kier molecular flexibility index (Phi) is 1.01. The first-order valence-electron chi connectivity index (χ1n) is 2.72. The molecule has 0 aromatic heterocycles. The Morgan fingerprint density at radius 1 is 1.43 bits per heavy atom. The lowest BCUT2D eigenvalue weighted by Crippen LogP contribution is -2.28. The van der Waals surface area contributed by atoms with E-state index in [0.717, 1.165) is 6.61 Å². The van der Waals surface area contributed by atoms with Crippen LogP contribution in [0.15, 0.2) is 0 Å². The zero-order chi connectivity index (χ0) is 5.49. The molecule has 1 fully saturated rings. The average molecular weight is 116 g/mol. The molecule has 0 unspecified atom stereocenters. The summed E-state index contributed by atoms with van der Waals surface area (Å²) in [5.41, 5.74) is 0.687. The number of hydrogen-bond donors (Lipinski definition) is 0. The molecule has 0 aromatic carbocycles. The molecule has 7 heavy (non-hydrogen) atoms. The Labute approximate surface area is 45.7 Å². The highest BCUT2D eigenvalue weighted by Crippen LogP contribution is 2.21. The first-order chi connectivity index (χ1) is 3.11. The second kappa shape index (κ2) is 1.33. The van der Waals surface area contributed by atoms with E-state index >= 15 is 0 Å². The predicted molar refractivity (Wildman–Crippen MR) is 33.1 cm³/mol. The standard InChI is InChI=1S/C5H12OSi/c1-7(2,3)5-4-6-5/h5H,4H2,1-3H3/t5-/m0/s1. The first kappa shape index (κ1) is 5.32. The molecule has 0 amide bonds. The molecule has 0 aromatic rings. The predicted octanol–water partition coefficient (Wildman–Crippen LogP) is 1.26. The molecule has 1 rings (SSSR count). The third-order valence-corrected chi connectivity index (χ3v) is 3.56. The number of epoxide rings is 1. The van der Waals surface area contributed by atoms with E-state index in [9.17, 15) is 0 Å². The van der Waals surface area contributed by atoms with E-state index in [1.807, 2.05) is 0 Å². The van der Waals surface area contributed by atoms with Crippen molar-refractivity contribution in [2.45, 2.75) is 25.4 Å². The summed E-state index contributed by atoms with van der Waals surface area (Å²) in [5, 5.41) is 0. The maximum Gasteiger partial charge on any atom is 0.0815 e. The van der Waals surface area contributed by atoms with E-state index in [0.29, 0.717) is 5.73 Å². The van der Waals surface area contributed by atoms with Gasteiger partial charge in [0.1, 0.15) is 0 Å². The van der Waals surface area contributed by atoms with Crippen LogP contribution in [0, 0.1) is 0 Å². The number of hydrogen-bond acceptors (Lipinski definition) is 1. The Bertz CT molecular complexity index is 70.6. The van der Waals surface area contributed by atoms with Crippen LogP contribution in [0.5, 0.6) is 0 Å². The van der Waals surface area contributed by atoms with Gasteiger partial charge in [-0.3, -0.25) is 0 Å². The molecule has 1 heterocycles. The van der Waals surface area contributed by atoms with Gasteiger partial charge in [-0.05, 0) is 0 Å². The normalized spacial score (nSPS) is 30.4. The summed E-state index contributed by atoms with van der Waals surface area (Å²) in [6, 6.07) is 0. The summed E-state index contributed by atoms with van der Waals surface area (Å²) in [6.45, 7) is 8.05. The average Bonchev–Trinajstić information content (AvgIpc) is 1.99. The molecular formula is C5H12OSi. The van der Waals surface area contributed by atoms with Crippen LogP contribution in [0.25, 0.3) is 0 Å². The quantitative estimate of drug-likeness (QED) is 0.371. The van der Waals surface area contributed by atoms with Crippen molar-refractivity contribution in [3.63, 3.8) is 0 Å². The van der Waals surface area contributed by atoms with Gasteiger partial charge in [0.05, 0.1) is 20.4 Å². The van der Waals surface area contributed by atoms with Gasteiger partial charge in [0, 0.05) is 0 Å². The van der Waals surface area contributed by atoms with E-state index in [-0.39, 0.29) is 0 Å². The second-order valence-corrected chi connectivity index (χ2v) is 8.56. The molecule has 1 atom stereocenters. The van der Waals surface area contributed by atoms with Crippen LogP contribution >= 0.6 is 0 Å². The third-order valence-electron chi connectivity index (χ3n) is 1.30. The van der Waals surface area contributed by atoms with E-state index in [2.05, 4.69) is 19.6 Å². The van der Waals surface area contributed by atoms with E-state index < -0.39 is 8.07 Å². The molecule has 1 aliphatic heterocycles. The highest BCUT2D eigenvalue weighted by atomic mass is 28.3. The van der Waals surface area contributed by atoms with Gasteiger partial charge in [0.2, 0.25) is 0 Å². The fraction of sp³-hybridized carbons (Fsp3) is 1.00. The minimum absolute atomic E-state index is 0.687. The van der Waals surface area contributed by atoms with Crippen molar-refractivity contribution in [1.29, 1.82) is 0 Å². The lowest BCUT2D eigenvalue weighted by Gasteiger charge is -2.09. The lowest BCUT2D eigenvalue weighted by molar-refractivity contribution is 0.450. The smallest absolute Gasteiger partial charge is 0.0815 e. The minimum Gasteiger partial charge on any atom is -0.377 e. The monoisotopic (exact) mass is 116 g/mol. The highest BCUT2D eigenvalue weighted by molar-refractivity contribution is 6.78. The van der Waals surface area contributed by atoms with Crippen molar-refractivity contribution in [1.82, 2.24) is 0 Å². The van der Waals surface area contributed by atoms with Crippen LogP contribution < -0.4 is 0 Å². The van der Waals surface area contributed by atoms with Crippen LogP contribution in [0.4, 0.5) is 0 Å². The summed E-state index contributed by atoms with van der Waals surface area (Å²) in [4.78, 5) is 0. The van der Waals surface area contributed by atoms with Crippen LogP contribution in [-0.4, -0.2) is 20.4 Å². The van der Waals surface area contributed by atoms with Crippen molar-refractivity contribution in [3.05, 3.63) is 0 Å². The van der Waals surface area contributed by atoms with Gasteiger partial charge < -0.3 is 4.74 Å². The van der Waals surface area contributed by atoms with Crippen molar-refractivity contribution in [2.75, 3.05) is 6.61 Å². The molecule has 0 bridgehead atoms. The molecule has 0 saturated carbocycles. The second-order valence-electron chi connectivity index (χ2n) is 3.19. The third kappa shape index (κ3) is 1.28. The van der Waals surface area contributed by atoms with Crippen molar-refractivity contribution in [3.8, 4) is 0 Å². The zero-order valence-corrected chi connectivity index (χ0v) is 6.19. The SMILES string of the molecule is C[Si](C)(C)[C@H]1CO1. The van der Waals surface area contributed by atoms with Gasteiger partial charge in [0.25, 0.3) is 0 Å². The largest absolute Gasteiger partial charge is 0.377 e. The van der Waals surface area contributed by atoms with Crippen molar-refractivity contribution >= 4 is 8.07 Å². The fourth-order valence-corrected chi connectivity index (χ4v) is 1.64. The molecule has 0 spiro atoms. The molecule has 1 aliphatic rings. The minimum atomic E-state index is -0.846. The molecule has 1 saturated heterocycles. The lowest BCUT2D eigenvalue weighted by atomic mass is 11.0. The van der Waals surface area contributed by atoms with Gasteiger partial charge in [-0.15, -0.1) is 0 Å². The number of rotatable bonds is 1. The fourth-order valence-electron chi connectivity index (χ4n) is 0.548. The van der Waals surface area contributed by atoms with Crippen LogP contribution in [0.3, 0.4) is 0 Å². The maximum absolute atomic E-state index is 5.13. The van der Waals surface area contributed by atoms with Gasteiger partial charge in [-0.2, -0.15) is 0 Å².